The predicted octanol–water partition coefficient (Wildman–Crippen LogP) is 4.20. The summed E-state index contributed by atoms with van der Waals surface area (Å²) in [6.45, 7) is 0. The van der Waals surface area contributed by atoms with Gasteiger partial charge in [-0.05, 0) is 17.5 Å². The van der Waals surface area contributed by atoms with Crippen molar-refractivity contribution >= 4 is 17.1 Å². The fourth-order valence-corrected chi connectivity index (χ4v) is 3.87. The van der Waals surface area contributed by atoms with Crippen LogP contribution in [0.1, 0.15) is 16.0 Å². The minimum atomic E-state index is -1.02. The second-order valence-corrected chi connectivity index (χ2v) is 6.28. The molecule has 0 amide bonds. The standard InChI is InChI=1S/C19H14O2S/c20-17-13-14-7-4-5-10-16(14)21-19(17,18-11-6-12-22-18)15-8-2-1-3-9-15/h1-12H,13H2. The fraction of sp³-hybridized carbons (Fsp3) is 0.105. The molecule has 1 unspecified atom stereocenters. The molecule has 1 aromatic heterocycles. The van der Waals surface area contributed by atoms with Crippen molar-refractivity contribution in [2.75, 3.05) is 0 Å². The van der Waals surface area contributed by atoms with Crippen LogP contribution in [-0.4, -0.2) is 5.78 Å². The summed E-state index contributed by atoms with van der Waals surface area (Å²) in [4.78, 5) is 14.0. The van der Waals surface area contributed by atoms with Crippen molar-refractivity contribution in [2.45, 2.75) is 12.0 Å². The predicted molar refractivity (Wildman–Crippen MR) is 87.3 cm³/mol. The molecule has 22 heavy (non-hydrogen) atoms. The van der Waals surface area contributed by atoms with E-state index in [9.17, 15) is 4.79 Å². The van der Waals surface area contributed by atoms with Crippen molar-refractivity contribution in [2.24, 2.45) is 0 Å². The summed E-state index contributed by atoms with van der Waals surface area (Å²) in [5.41, 5.74) is 0.816. The monoisotopic (exact) mass is 306 g/mol. The minimum Gasteiger partial charge on any atom is -0.469 e. The number of thiophene rings is 1. The van der Waals surface area contributed by atoms with E-state index in [2.05, 4.69) is 0 Å². The summed E-state index contributed by atoms with van der Waals surface area (Å²) >= 11 is 1.56. The van der Waals surface area contributed by atoms with Crippen LogP contribution in [0.25, 0.3) is 0 Å². The smallest absolute Gasteiger partial charge is 0.226 e. The van der Waals surface area contributed by atoms with Crippen LogP contribution in [0, 0.1) is 0 Å². The van der Waals surface area contributed by atoms with Crippen LogP contribution >= 0.6 is 11.3 Å². The van der Waals surface area contributed by atoms with Gasteiger partial charge in [-0.25, -0.2) is 0 Å². The zero-order valence-corrected chi connectivity index (χ0v) is 12.7. The lowest BCUT2D eigenvalue weighted by atomic mass is 9.82. The number of carbonyl (C=O) groups excluding carboxylic acids is 1. The number of benzene rings is 2. The first-order valence-corrected chi connectivity index (χ1v) is 8.08. The lowest BCUT2D eigenvalue weighted by molar-refractivity contribution is -0.132. The lowest BCUT2D eigenvalue weighted by Gasteiger charge is -2.37. The van der Waals surface area contributed by atoms with E-state index < -0.39 is 5.60 Å². The number of fused-ring (bicyclic) bond motifs is 1. The van der Waals surface area contributed by atoms with E-state index in [1.54, 1.807) is 11.3 Å². The number of rotatable bonds is 2. The Bertz CT molecular complexity index is 808. The van der Waals surface area contributed by atoms with Gasteiger partial charge in [0.1, 0.15) is 5.75 Å². The van der Waals surface area contributed by atoms with E-state index in [0.29, 0.717) is 6.42 Å². The third-order valence-corrected chi connectivity index (χ3v) is 5.00. The quantitative estimate of drug-likeness (QED) is 0.709. The van der Waals surface area contributed by atoms with Gasteiger partial charge in [-0.1, -0.05) is 54.6 Å². The van der Waals surface area contributed by atoms with Gasteiger partial charge in [-0.3, -0.25) is 4.79 Å². The Morgan fingerprint density at radius 1 is 0.909 bits per heavy atom. The number of hydrogen-bond donors (Lipinski definition) is 0. The highest BCUT2D eigenvalue weighted by molar-refractivity contribution is 7.10. The Labute approximate surface area is 133 Å². The second kappa shape index (κ2) is 5.11. The van der Waals surface area contributed by atoms with Gasteiger partial charge < -0.3 is 4.74 Å². The molecule has 0 fully saturated rings. The van der Waals surface area contributed by atoms with E-state index in [0.717, 1.165) is 21.8 Å². The van der Waals surface area contributed by atoms with Crippen molar-refractivity contribution in [3.63, 3.8) is 0 Å². The Morgan fingerprint density at radius 3 is 2.45 bits per heavy atom. The second-order valence-electron chi connectivity index (χ2n) is 5.33. The number of Topliss-reactive ketones (excluding diaryl/α,β-unsaturated/α-hetero) is 1. The van der Waals surface area contributed by atoms with Gasteiger partial charge in [0, 0.05) is 17.5 Å². The largest absolute Gasteiger partial charge is 0.469 e. The highest BCUT2D eigenvalue weighted by Gasteiger charge is 2.48. The highest BCUT2D eigenvalue weighted by atomic mass is 32.1. The molecular formula is C19H14O2S. The SMILES string of the molecule is O=C1Cc2ccccc2OC1(c1ccccc1)c1cccs1. The molecule has 0 radical (unpaired) electrons. The van der Waals surface area contributed by atoms with Gasteiger partial charge in [0.15, 0.2) is 5.78 Å². The van der Waals surface area contributed by atoms with Crippen molar-refractivity contribution in [3.05, 3.63) is 88.1 Å². The molecule has 0 aliphatic carbocycles. The Hall–Kier alpha value is -2.39. The Balaban J connectivity index is 1.95. The van der Waals surface area contributed by atoms with E-state index in [1.807, 2.05) is 72.1 Å². The van der Waals surface area contributed by atoms with Crippen molar-refractivity contribution in [1.82, 2.24) is 0 Å². The van der Waals surface area contributed by atoms with Crippen LogP contribution in [-0.2, 0) is 16.8 Å². The average molecular weight is 306 g/mol. The molecule has 108 valence electrons. The number of hydrogen-bond acceptors (Lipinski definition) is 3. The summed E-state index contributed by atoms with van der Waals surface area (Å²) in [6, 6.07) is 21.5. The van der Waals surface area contributed by atoms with E-state index >= 15 is 0 Å². The zero-order chi connectivity index (χ0) is 15.0. The van der Waals surface area contributed by atoms with E-state index in [4.69, 9.17) is 4.74 Å². The van der Waals surface area contributed by atoms with Crippen LogP contribution < -0.4 is 4.74 Å². The van der Waals surface area contributed by atoms with Gasteiger partial charge in [-0.2, -0.15) is 0 Å². The molecule has 0 saturated carbocycles. The molecule has 4 rings (SSSR count). The lowest BCUT2D eigenvalue weighted by Crippen LogP contribution is -2.46. The first-order chi connectivity index (χ1) is 10.8. The molecule has 0 bridgehead atoms. The first-order valence-electron chi connectivity index (χ1n) is 7.20. The maximum atomic E-state index is 13.1. The van der Waals surface area contributed by atoms with Gasteiger partial charge in [-0.15, -0.1) is 11.3 Å². The maximum Gasteiger partial charge on any atom is 0.226 e. The van der Waals surface area contributed by atoms with E-state index in [1.165, 1.54) is 0 Å². The third kappa shape index (κ3) is 1.90. The molecule has 3 aromatic rings. The number of para-hydroxylation sites is 1. The fourth-order valence-electron chi connectivity index (χ4n) is 2.97. The molecule has 2 nitrogen and oxygen atoms in total. The van der Waals surface area contributed by atoms with Gasteiger partial charge >= 0.3 is 0 Å². The van der Waals surface area contributed by atoms with Crippen molar-refractivity contribution in [1.29, 1.82) is 0 Å². The van der Waals surface area contributed by atoms with Crippen LogP contribution in [0.4, 0.5) is 0 Å². The molecule has 3 heteroatoms. The molecule has 0 N–H and O–H groups in total. The number of ether oxygens (including phenoxy) is 1. The highest BCUT2D eigenvalue weighted by Crippen LogP contribution is 2.43. The molecule has 2 heterocycles. The average Bonchev–Trinajstić information content (AvgIpc) is 3.10. The molecular weight excluding hydrogens is 292 g/mol. The van der Waals surface area contributed by atoms with Gasteiger partial charge in [0.2, 0.25) is 5.60 Å². The number of carbonyl (C=O) groups is 1. The van der Waals surface area contributed by atoms with Crippen molar-refractivity contribution < 1.29 is 9.53 Å². The minimum absolute atomic E-state index is 0.0832. The van der Waals surface area contributed by atoms with Gasteiger partial charge in [0.25, 0.3) is 0 Å². The Morgan fingerprint density at radius 2 is 1.68 bits per heavy atom. The van der Waals surface area contributed by atoms with Crippen LogP contribution in [0.2, 0.25) is 0 Å². The zero-order valence-electron chi connectivity index (χ0n) is 11.9. The molecule has 1 aliphatic rings. The summed E-state index contributed by atoms with van der Waals surface area (Å²) in [5, 5.41) is 1.98. The number of ketones is 1. The summed E-state index contributed by atoms with van der Waals surface area (Å²) in [5.74, 6) is 0.874. The van der Waals surface area contributed by atoms with E-state index in [-0.39, 0.29) is 5.78 Å². The Kier molecular flexibility index (Phi) is 3.09. The normalized spacial score (nSPS) is 20.3. The summed E-state index contributed by atoms with van der Waals surface area (Å²) in [6.07, 6.45) is 0.392. The first kappa shape index (κ1) is 13.3. The molecule has 0 spiro atoms. The summed E-state index contributed by atoms with van der Waals surface area (Å²) in [7, 11) is 0. The topological polar surface area (TPSA) is 26.3 Å². The summed E-state index contributed by atoms with van der Waals surface area (Å²) < 4.78 is 6.32. The molecule has 1 atom stereocenters. The van der Waals surface area contributed by atoms with Crippen molar-refractivity contribution in [3.8, 4) is 5.75 Å². The van der Waals surface area contributed by atoms with Crippen LogP contribution in [0.3, 0.4) is 0 Å². The van der Waals surface area contributed by atoms with Crippen LogP contribution in [0.15, 0.2) is 72.1 Å². The maximum absolute atomic E-state index is 13.1. The molecule has 2 aromatic carbocycles. The molecule has 1 aliphatic heterocycles. The van der Waals surface area contributed by atoms with Gasteiger partial charge in [0.05, 0.1) is 4.88 Å². The van der Waals surface area contributed by atoms with Crippen LogP contribution in [0.5, 0.6) is 5.75 Å². The molecule has 0 saturated heterocycles. The third-order valence-electron chi connectivity index (χ3n) is 4.03.